The van der Waals surface area contributed by atoms with Crippen LogP contribution in [-0.2, 0) is 60.0 Å². The van der Waals surface area contributed by atoms with Gasteiger partial charge in [0.05, 0.1) is 0 Å². The van der Waals surface area contributed by atoms with E-state index in [2.05, 4.69) is 0 Å². The van der Waals surface area contributed by atoms with E-state index in [4.69, 9.17) is 18.9 Å². The summed E-state index contributed by atoms with van der Waals surface area (Å²) in [5, 5.41) is 9.22. The number of methoxy groups -OCH3 is 3. The molecule has 2 aromatic rings. The van der Waals surface area contributed by atoms with Crippen LogP contribution in [0.1, 0.15) is 44.2 Å². The molecular weight excluding hydrogens is 526 g/mol. The molecular formula is C28H40BO8V. The van der Waals surface area contributed by atoms with Crippen LogP contribution in [0.2, 0.25) is 0 Å². The van der Waals surface area contributed by atoms with Gasteiger partial charge in [0.2, 0.25) is 0 Å². The number of ether oxygens (including phenoxy) is 4. The van der Waals surface area contributed by atoms with Crippen LogP contribution in [0.5, 0.6) is 11.5 Å². The number of phenolic OH excluding ortho intramolecular Hbond substituents is 1. The first-order chi connectivity index (χ1) is 16.9. The van der Waals surface area contributed by atoms with Gasteiger partial charge in [0.15, 0.2) is 11.6 Å². The van der Waals surface area contributed by atoms with E-state index in [0.29, 0.717) is 18.6 Å². The predicted molar refractivity (Wildman–Crippen MR) is 144 cm³/mol. The molecule has 10 heteroatoms. The summed E-state index contributed by atoms with van der Waals surface area (Å²) in [6, 6.07) is 14.4. The second-order valence-corrected chi connectivity index (χ2v) is 7.87. The van der Waals surface area contributed by atoms with E-state index in [0.717, 1.165) is 36.8 Å². The van der Waals surface area contributed by atoms with Gasteiger partial charge >= 0.3 is 5.97 Å². The first-order valence-corrected chi connectivity index (χ1v) is 11.5. The molecule has 0 saturated heterocycles. The molecule has 8 nitrogen and oxygen atoms in total. The van der Waals surface area contributed by atoms with E-state index in [1.54, 1.807) is 24.3 Å². The van der Waals surface area contributed by atoms with Gasteiger partial charge in [-0.15, -0.1) is 0 Å². The van der Waals surface area contributed by atoms with Crippen molar-refractivity contribution in [2.45, 2.75) is 46.0 Å². The molecule has 2 rings (SSSR count). The van der Waals surface area contributed by atoms with Gasteiger partial charge in [0.1, 0.15) is 31.3 Å². The fourth-order valence-electron chi connectivity index (χ4n) is 3.20. The molecule has 0 aliphatic carbocycles. The summed E-state index contributed by atoms with van der Waals surface area (Å²) in [5.74, 6) is 0.552. The Morgan fingerprint density at radius 2 is 1.21 bits per heavy atom. The number of carbonyl (C=O) groups is 3. The van der Waals surface area contributed by atoms with Crippen LogP contribution >= 0.6 is 0 Å². The maximum Gasteiger partial charge on any atom is 0.337 e. The summed E-state index contributed by atoms with van der Waals surface area (Å²) in [6.07, 6.45) is 4.13. The molecule has 38 heavy (non-hydrogen) atoms. The van der Waals surface area contributed by atoms with Crippen LogP contribution in [0.3, 0.4) is 0 Å². The number of esters is 1. The molecule has 0 spiro atoms. The van der Waals surface area contributed by atoms with Crippen molar-refractivity contribution in [3.8, 4) is 11.5 Å². The first-order valence-electron chi connectivity index (χ1n) is 11.5. The van der Waals surface area contributed by atoms with Crippen molar-refractivity contribution >= 4 is 25.9 Å². The van der Waals surface area contributed by atoms with Crippen LogP contribution in [0.4, 0.5) is 0 Å². The summed E-state index contributed by atoms with van der Waals surface area (Å²) >= 11 is 0. The largest absolute Gasteiger partial charge is 0.508 e. The third-order valence-corrected chi connectivity index (χ3v) is 4.76. The number of rotatable bonds is 15. The van der Waals surface area contributed by atoms with Gasteiger partial charge in [0, 0.05) is 61.1 Å². The first kappa shape index (κ1) is 40.1. The van der Waals surface area contributed by atoms with Crippen LogP contribution in [0, 0.1) is 0 Å². The van der Waals surface area contributed by atoms with Gasteiger partial charge in [-0.2, -0.15) is 0 Å². The van der Waals surface area contributed by atoms with E-state index >= 15 is 0 Å². The van der Waals surface area contributed by atoms with Crippen molar-refractivity contribution in [1.29, 1.82) is 0 Å². The monoisotopic (exact) mass is 566 g/mol. The van der Waals surface area contributed by atoms with Crippen molar-refractivity contribution in [1.82, 2.24) is 0 Å². The number of Topliss-reactive ketones (excluding diaryl/α,β-unsaturated/α-hetero) is 2. The van der Waals surface area contributed by atoms with Gasteiger partial charge < -0.3 is 24.1 Å². The van der Waals surface area contributed by atoms with E-state index in [9.17, 15) is 19.5 Å². The molecule has 0 saturated carbocycles. The molecule has 208 valence electrons. The Hall–Kier alpha value is -2.42. The van der Waals surface area contributed by atoms with Crippen molar-refractivity contribution < 1.29 is 57.0 Å². The number of aromatic hydroxyl groups is 1. The van der Waals surface area contributed by atoms with E-state index < -0.39 is 5.97 Å². The van der Waals surface area contributed by atoms with Gasteiger partial charge in [-0.05, 0) is 61.1 Å². The van der Waals surface area contributed by atoms with Crippen LogP contribution in [0.25, 0.3) is 0 Å². The molecule has 0 unspecified atom stereocenters. The standard InChI is InChI=1S/C15H20O5.C12H16O3.CH4.B.V/c1-18-10-13(16)7-3-5-12-6-4-8-14(9-12)20-15(17)11-19-2;1-15-9-12(14)7-3-5-10-4-2-6-11(13)8-10;;;/h4,6,8-9H,3,5,7,10-11H2,1-2H3;2,4,6,8,13H,3,5,7,9H2,1H3;1H4;;. The number of hydrogen-bond acceptors (Lipinski definition) is 8. The third-order valence-electron chi connectivity index (χ3n) is 4.76. The third kappa shape index (κ3) is 19.7. The molecule has 0 aliphatic rings. The van der Waals surface area contributed by atoms with E-state index in [-0.39, 0.29) is 71.5 Å². The smallest absolute Gasteiger partial charge is 0.337 e. The number of carbonyl (C=O) groups excluding carboxylic acids is 3. The Balaban J connectivity index is -0.000000617. The predicted octanol–water partition coefficient (Wildman–Crippen LogP) is 3.96. The SMILES string of the molecule is C.COCC(=O)CCCc1cccc(O)c1.COCC(=O)CCCc1cccc(OC(=O)COC)c1.[B].[V]. The van der Waals surface area contributed by atoms with Crippen LogP contribution in [0.15, 0.2) is 48.5 Å². The normalized spacial score (nSPS) is 9.45. The Bertz CT molecular complexity index is 923. The van der Waals surface area contributed by atoms with E-state index in [1.807, 2.05) is 24.3 Å². The van der Waals surface area contributed by atoms with Crippen molar-refractivity contribution in [2.24, 2.45) is 0 Å². The molecule has 0 fully saturated rings. The van der Waals surface area contributed by atoms with Gasteiger partial charge in [-0.1, -0.05) is 31.7 Å². The number of hydrogen-bond donors (Lipinski definition) is 1. The van der Waals surface area contributed by atoms with Gasteiger partial charge in [0.25, 0.3) is 0 Å². The molecule has 0 atom stereocenters. The fourth-order valence-corrected chi connectivity index (χ4v) is 3.20. The molecule has 0 bridgehead atoms. The quantitative estimate of drug-likeness (QED) is 0.196. The molecule has 2 aromatic carbocycles. The second-order valence-electron chi connectivity index (χ2n) is 7.87. The summed E-state index contributed by atoms with van der Waals surface area (Å²) in [5.41, 5.74) is 2.08. The average Bonchev–Trinajstić information content (AvgIpc) is 2.80. The molecule has 0 aromatic heterocycles. The number of ketones is 2. The summed E-state index contributed by atoms with van der Waals surface area (Å²) in [4.78, 5) is 33.7. The molecule has 0 aliphatic heterocycles. The molecule has 0 amide bonds. The van der Waals surface area contributed by atoms with Crippen molar-refractivity contribution in [3.05, 3.63) is 59.7 Å². The van der Waals surface area contributed by atoms with Crippen LogP contribution in [-0.4, -0.2) is 72.2 Å². The Morgan fingerprint density at radius 1 is 0.737 bits per heavy atom. The minimum atomic E-state index is -0.431. The van der Waals surface area contributed by atoms with Crippen molar-refractivity contribution in [2.75, 3.05) is 41.2 Å². The zero-order valence-electron chi connectivity index (χ0n) is 21.8. The maximum atomic E-state index is 11.3. The Morgan fingerprint density at radius 3 is 1.68 bits per heavy atom. The number of phenols is 1. The van der Waals surface area contributed by atoms with Gasteiger partial charge in [-0.25, -0.2) is 4.79 Å². The number of aryl methyl sites for hydroxylation is 2. The second kappa shape index (κ2) is 24.9. The number of benzene rings is 2. The minimum absolute atomic E-state index is 0. The van der Waals surface area contributed by atoms with Crippen molar-refractivity contribution in [3.63, 3.8) is 0 Å². The minimum Gasteiger partial charge on any atom is -0.508 e. The van der Waals surface area contributed by atoms with Gasteiger partial charge in [-0.3, -0.25) is 9.59 Å². The zero-order chi connectivity index (χ0) is 25.9. The molecule has 1 N–H and O–H groups in total. The zero-order valence-corrected chi connectivity index (χ0v) is 23.2. The average molecular weight is 566 g/mol. The topological polar surface area (TPSA) is 108 Å². The Kier molecular flexibility index (Phi) is 26.3. The summed E-state index contributed by atoms with van der Waals surface area (Å²) in [7, 11) is 4.47. The Labute approximate surface area is 240 Å². The maximum absolute atomic E-state index is 11.3. The van der Waals surface area contributed by atoms with Crippen LogP contribution < -0.4 is 4.74 Å². The molecule has 4 radical (unpaired) electrons. The summed E-state index contributed by atoms with van der Waals surface area (Å²) < 4.78 is 19.3. The molecule has 0 heterocycles. The summed E-state index contributed by atoms with van der Waals surface area (Å²) in [6.45, 7) is 0.282. The fraction of sp³-hybridized carbons (Fsp3) is 0.464. The van der Waals surface area contributed by atoms with E-state index in [1.165, 1.54) is 21.3 Å².